The average molecular weight is 278 g/mol. The molecule has 0 aliphatic heterocycles. The van der Waals surface area contributed by atoms with Crippen LogP contribution in [0.1, 0.15) is 72.6 Å². The predicted molar refractivity (Wildman–Crippen MR) is 81.2 cm³/mol. The van der Waals surface area contributed by atoms with E-state index in [0.717, 1.165) is 18.8 Å². The van der Waals surface area contributed by atoms with E-state index in [1.165, 1.54) is 25.7 Å². The first-order chi connectivity index (χ1) is 9.10. The van der Waals surface area contributed by atoms with Gasteiger partial charge in [-0.1, -0.05) is 20.8 Å². The molecular formula is C17H30N2O. The molecule has 3 N–H and O–H groups in total. The van der Waals surface area contributed by atoms with Crippen LogP contribution in [-0.4, -0.2) is 17.0 Å². The van der Waals surface area contributed by atoms with E-state index in [0.29, 0.717) is 17.3 Å². The Labute approximate surface area is 123 Å². The van der Waals surface area contributed by atoms with Gasteiger partial charge in [0.05, 0.1) is 5.54 Å². The topological polar surface area (TPSA) is 55.1 Å². The molecule has 3 nitrogen and oxygen atoms in total. The Bertz CT molecular complexity index is 424. The van der Waals surface area contributed by atoms with E-state index in [1.54, 1.807) is 0 Å². The molecule has 0 saturated heterocycles. The molecule has 4 bridgehead atoms. The Balaban J connectivity index is 1.84. The summed E-state index contributed by atoms with van der Waals surface area (Å²) < 4.78 is 0. The van der Waals surface area contributed by atoms with Crippen molar-refractivity contribution >= 4 is 5.91 Å². The van der Waals surface area contributed by atoms with Gasteiger partial charge in [0, 0.05) is 5.54 Å². The molecule has 0 aromatic rings. The summed E-state index contributed by atoms with van der Waals surface area (Å²) >= 11 is 0. The van der Waals surface area contributed by atoms with E-state index in [9.17, 15) is 4.79 Å². The summed E-state index contributed by atoms with van der Waals surface area (Å²) in [7, 11) is 0. The molecule has 4 fully saturated rings. The second-order valence-corrected chi connectivity index (χ2v) is 9.14. The van der Waals surface area contributed by atoms with Gasteiger partial charge in [0.2, 0.25) is 5.91 Å². The molecule has 3 unspecified atom stereocenters. The van der Waals surface area contributed by atoms with Gasteiger partial charge in [0.25, 0.3) is 0 Å². The third-order valence-electron chi connectivity index (χ3n) is 6.26. The minimum atomic E-state index is -0.731. The minimum Gasteiger partial charge on any atom is -0.349 e. The van der Waals surface area contributed by atoms with E-state index < -0.39 is 5.54 Å². The molecule has 0 spiro atoms. The van der Waals surface area contributed by atoms with Gasteiger partial charge in [-0.15, -0.1) is 0 Å². The highest BCUT2D eigenvalue weighted by atomic mass is 16.2. The molecule has 20 heavy (non-hydrogen) atoms. The fourth-order valence-electron chi connectivity index (χ4n) is 6.13. The van der Waals surface area contributed by atoms with Crippen molar-refractivity contribution in [2.75, 3.05) is 0 Å². The highest BCUT2D eigenvalue weighted by Gasteiger charge is 2.60. The van der Waals surface area contributed by atoms with Gasteiger partial charge in [-0.05, 0) is 68.6 Å². The van der Waals surface area contributed by atoms with E-state index in [2.05, 4.69) is 19.2 Å². The van der Waals surface area contributed by atoms with Crippen LogP contribution in [0.3, 0.4) is 0 Å². The molecule has 0 aromatic carbocycles. The molecule has 114 valence electrons. The molecule has 3 atom stereocenters. The van der Waals surface area contributed by atoms with Gasteiger partial charge in [0.15, 0.2) is 0 Å². The van der Waals surface area contributed by atoms with Crippen LogP contribution in [-0.2, 0) is 4.79 Å². The van der Waals surface area contributed by atoms with Gasteiger partial charge in [-0.25, -0.2) is 0 Å². The lowest BCUT2D eigenvalue weighted by Gasteiger charge is -2.65. The summed E-state index contributed by atoms with van der Waals surface area (Å²) in [6.07, 6.45) is 8.20. The molecule has 4 aliphatic carbocycles. The van der Waals surface area contributed by atoms with Crippen molar-refractivity contribution in [2.24, 2.45) is 22.5 Å². The molecule has 4 saturated carbocycles. The van der Waals surface area contributed by atoms with Crippen molar-refractivity contribution in [3.8, 4) is 0 Å². The van der Waals surface area contributed by atoms with Gasteiger partial charge in [-0.2, -0.15) is 0 Å². The van der Waals surface area contributed by atoms with Crippen LogP contribution in [0.25, 0.3) is 0 Å². The second kappa shape index (κ2) is 4.00. The zero-order valence-electron chi connectivity index (χ0n) is 13.5. The van der Waals surface area contributed by atoms with Gasteiger partial charge in [-0.3, -0.25) is 4.79 Å². The largest absolute Gasteiger partial charge is 0.349 e. The lowest BCUT2D eigenvalue weighted by molar-refractivity contribution is -0.143. The van der Waals surface area contributed by atoms with Gasteiger partial charge >= 0.3 is 0 Å². The van der Waals surface area contributed by atoms with Crippen molar-refractivity contribution < 1.29 is 4.79 Å². The Morgan fingerprint density at radius 1 is 1.20 bits per heavy atom. The first-order valence-electron chi connectivity index (χ1n) is 8.21. The van der Waals surface area contributed by atoms with E-state index in [-0.39, 0.29) is 11.4 Å². The van der Waals surface area contributed by atoms with Crippen LogP contribution in [0.15, 0.2) is 0 Å². The van der Waals surface area contributed by atoms with Crippen molar-refractivity contribution in [3.05, 3.63) is 0 Å². The number of nitrogens with two attached hydrogens (primary N) is 1. The highest BCUT2D eigenvalue weighted by Crippen LogP contribution is 2.66. The zero-order valence-corrected chi connectivity index (χ0v) is 13.5. The number of hydrogen-bond acceptors (Lipinski definition) is 2. The summed E-state index contributed by atoms with van der Waals surface area (Å²) in [5.41, 5.74) is 6.29. The highest BCUT2D eigenvalue weighted by molar-refractivity contribution is 5.86. The molecule has 0 radical (unpaired) electrons. The van der Waals surface area contributed by atoms with Crippen molar-refractivity contribution in [2.45, 2.75) is 83.7 Å². The SMILES string of the molecule is CCC(C)(N)C(=O)NC12CC3CC(C)(CC(C)(C3)C1)C2. The standard InChI is InChI=1S/C17H30N2O/c1-5-16(4,18)13(20)19-17-8-12-6-14(2,10-17)9-15(3,7-12)11-17/h12H,5-11,18H2,1-4H3,(H,19,20). The quantitative estimate of drug-likeness (QED) is 0.834. The Kier molecular flexibility index (Phi) is 2.87. The fourth-order valence-corrected chi connectivity index (χ4v) is 6.13. The van der Waals surface area contributed by atoms with Gasteiger partial charge in [0.1, 0.15) is 0 Å². The lowest BCUT2D eigenvalue weighted by Crippen LogP contribution is -2.68. The molecular weight excluding hydrogens is 248 g/mol. The lowest BCUT2D eigenvalue weighted by atomic mass is 9.42. The number of nitrogens with one attached hydrogen (secondary N) is 1. The van der Waals surface area contributed by atoms with Crippen molar-refractivity contribution in [1.29, 1.82) is 0 Å². The minimum absolute atomic E-state index is 0.0236. The fraction of sp³-hybridized carbons (Fsp3) is 0.941. The Morgan fingerprint density at radius 3 is 2.20 bits per heavy atom. The first kappa shape index (κ1) is 14.4. The first-order valence-corrected chi connectivity index (χ1v) is 8.21. The van der Waals surface area contributed by atoms with Gasteiger partial charge < -0.3 is 11.1 Å². The third-order valence-corrected chi connectivity index (χ3v) is 6.26. The number of carbonyl (C=O) groups is 1. The summed E-state index contributed by atoms with van der Waals surface area (Å²) in [4.78, 5) is 12.6. The van der Waals surface area contributed by atoms with Crippen LogP contribution >= 0.6 is 0 Å². The van der Waals surface area contributed by atoms with Crippen LogP contribution in [0.4, 0.5) is 0 Å². The van der Waals surface area contributed by atoms with E-state index >= 15 is 0 Å². The van der Waals surface area contributed by atoms with Crippen LogP contribution < -0.4 is 11.1 Å². The molecule has 0 heterocycles. The van der Waals surface area contributed by atoms with Crippen molar-refractivity contribution in [3.63, 3.8) is 0 Å². The molecule has 4 aliphatic rings. The molecule has 0 aromatic heterocycles. The zero-order chi connectivity index (χ0) is 14.8. The summed E-state index contributed by atoms with van der Waals surface area (Å²) in [6, 6.07) is 0. The predicted octanol–water partition coefficient (Wildman–Crippen LogP) is 2.98. The van der Waals surface area contributed by atoms with Crippen LogP contribution in [0, 0.1) is 16.7 Å². The van der Waals surface area contributed by atoms with Crippen LogP contribution in [0.2, 0.25) is 0 Å². The summed E-state index contributed by atoms with van der Waals surface area (Å²) in [5, 5.41) is 3.40. The molecule has 3 heteroatoms. The number of hydrogen-bond donors (Lipinski definition) is 2. The summed E-state index contributed by atoms with van der Waals surface area (Å²) in [5.74, 6) is 0.848. The van der Waals surface area contributed by atoms with E-state index in [1.807, 2.05) is 13.8 Å². The Morgan fingerprint density at radius 2 is 1.75 bits per heavy atom. The molecule has 4 rings (SSSR count). The van der Waals surface area contributed by atoms with Crippen LogP contribution in [0.5, 0.6) is 0 Å². The molecule has 1 amide bonds. The number of amides is 1. The summed E-state index contributed by atoms with van der Waals surface area (Å²) in [6.45, 7) is 8.70. The maximum Gasteiger partial charge on any atom is 0.240 e. The third kappa shape index (κ3) is 2.18. The number of carbonyl (C=O) groups excluding carboxylic acids is 1. The monoisotopic (exact) mass is 278 g/mol. The second-order valence-electron chi connectivity index (χ2n) is 9.14. The maximum atomic E-state index is 12.6. The van der Waals surface area contributed by atoms with Crippen molar-refractivity contribution in [1.82, 2.24) is 5.32 Å². The average Bonchev–Trinajstić information content (AvgIpc) is 2.22. The smallest absolute Gasteiger partial charge is 0.240 e. The normalized spacial score (nSPS) is 49.0. The Hall–Kier alpha value is -0.570. The van der Waals surface area contributed by atoms with E-state index in [4.69, 9.17) is 5.73 Å². The number of rotatable bonds is 3. The maximum absolute atomic E-state index is 12.6.